The number of non-ortho nitro benzene ring substituents is 1. The van der Waals surface area contributed by atoms with Crippen LogP contribution in [-0.4, -0.2) is 36.1 Å². The molecule has 1 aromatic carbocycles. The van der Waals surface area contributed by atoms with Gasteiger partial charge in [-0.05, 0) is 26.1 Å². The molecule has 0 N–H and O–H groups in total. The van der Waals surface area contributed by atoms with Crippen molar-refractivity contribution in [2.75, 3.05) is 25.0 Å². The van der Waals surface area contributed by atoms with E-state index in [-0.39, 0.29) is 10.6 Å². The number of nitro benzene ring substituents is 1. The molecule has 0 saturated carbocycles. The highest BCUT2D eigenvalue weighted by Gasteiger charge is 2.25. The van der Waals surface area contributed by atoms with Gasteiger partial charge in [0.15, 0.2) is 0 Å². The van der Waals surface area contributed by atoms with Gasteiger partial charge in [-0.25, -0.2) is 0 Å². The highest BCUT2D eigenvalue weighted by molar-refractivity contribution is 5.52. The first-order valence-corrected chi connectivity index (χ1v) is 5.31. The molecule has 0 amide bonds. The minimum Gasteiger partial charge on any atom is -0.355 e. The molecule has 0 aliphatic carbocycles. The van der Waals surface area contributed by atoms with E-state index < -0.39 is 0 Å². The lowest BCUT2D eigenvalue weighted by atomic mass is 10.2. The summed E-state index contributed by atoms with van der Waals surface area (Å²) in [5, 5.41) is 10.5. The molecule has 0 bridgehead atoms. The molecule has 1 aromatic rings. The molecule has 2 rings (SSSR count). The summed E-state index contributed by atoms with van der Waals surface area (Å²) in [6.45, 7) is 4.13. The van der Waals surface area contributed by atoms with Crippen LogP contribution in [0.3, 0.4) is 0 Å². The Morgan fingerprint density at radius 1 is 1.31 bits per heavy atom. The second-order valence-corrected chi connectivity index (χ2v) is 4.08. The van der Waals surface area contributed by atoms with Crippen LogP contribution < -0.4 is 4.90 Å². The largest absolute Gasteiger partial charge is 0.355 e. The molecule has 1 aliphatic rings. The van der Waals surface area contributed by atoms with Gasteiger partial charge in [0, 0.05) is 30.9 Å². The molecule has 0 spiro atoms. The molecule has 0 aromatic heterocycles. The Hall–Kier alpha value is -1.62. The number of rotatable bonds is 2. The summed E-state index contributed by atoms with van der Waals surface area (Å²) in [7, 11) is 2.08. The van der Waals surface area contributed by atoms with Crippen LogP contribution in [0.25, 0.3) is 0 Å². The zero-order chi connectivity index (χ0) is 11.7. The first kappa shape index (κ1) is 10.9. The fraction of sp³-hybridized carbons (Fsp3) is 0.455. The molecular weight excluding hydrogens is 206 g/mol. The summed E-state index contributed by atoms with van der Waals surface area (Å²) in [6.07, 6.45) is 0.349. The number of likely N-dealkylation sites (N-methyl/N-ethyl adjacent to an activating group) is 1. The maximum Gasteiger partial charge on any atom is 0.269 e. The van der Waals surface area contributed by atoms with E-state index in [0.29, 0.717) is 6.17 Å². The molecule has 0 radical (unpaired) electrons. The van der Waals surface area contributed by atoms with Crippen LogP contribution in [0.2, 0.25) is 0 Å². The third-order valence-corrected chi connectivity index (χ3v) is 3.17. The Labute approximate surface area is 94.4 Å². The van der Waals surface area contributed by atoms with E-state index in [0.717, 1.165) is 18.8 Å². The van der Waals surface area contributed by atoms with E-state index in [1.54, 1.807) is 12.1 Å². The van der Waals surface area contributed by atoms with E-state index in [1.807, 2.05) is 12.1 Å². The topological polar surface area (TPSA) is 49.6 Å². The summed E-state index contributed by atoms with van der Waals surface area (Å²) >= 11 is 0. The zero-order valence-electron chi connectivity index (χ0n) is 9.46. The lowest BCUT2D eigenvalue weighted by Gasteiger charge is -2.26. The second-order valence-electron chi connectivity index (χ2n) is 4.08. The number of hydrogen-bond donors (Lipinski definition) is 0. The molecule has 1 fully saturated rings. The van der Waals surface area contributed by atoms with Crippen LogP contribution >= 0.6 is 0 Å². The predicted octanol–water partition coefficient (Wildman–Crippen LogP) is 1.69. The maximum atomic E-state index is 10.5. The van der Waals surface area contributed by atoms with Gasteiger partial charge >= 0.3 is 0 Å². The smallest absolute Gasteiger partial charge is 0.269 e. The van der Waals surface area contributed by atoms with E-state index in [1.165, 1.54) is 0 Å². The van der Waals surface area contributed by atoms with Crippen LogP contribution in [0, 0.1) is 10.1 Å². The Kier molecular flexibility index (Phi) is 2.78. The number of hydrogen-bond acceptors (Lipinski definition) is 4. The highest BCUT2D eigenvalue weighted by Crippen LogP contribution is 2.24. The lowest BCUT2D eigenvalue weighted by Crippen LogP contribution is -2.33. The van der Waals surface area contributed by atoms with Crippen molar-refractivity contribution in [3.63, 3.8) is 0 Å². The van der Waals surface area contributed by atoms with Gasteiger partial charge < -0.3 is 4.90 Å². The van der Waals surface area contributed by atoms with E-state index in [4.69, 9.17) is 0 Å². The molecule has 1 saturated heterocycles. The van der Waals surface area contributed by atoms with Gasteiger partial charge in [-0.2, -0.15) is 0 Å². The summed E-state index contributed by atoms with van der Waals surface area (Å²) in [6, 6.07) is 6.74. The van der Waals surface area contributed by atoms with Crippen molar-refractivity contribution < 1.29 is 4.92 Å². The Morgan fingerprint density at radius 2 is 1.94 bits per heavy atom. The van der Waals surface area contributed by atoms with Crippen molar-refractivity contribution in [3.05, 3.63) is 34.4 Å². The molecule has 5 heteroatoms. The SMILES string of the molecule is CC1N(C)CCN1c1ccc([N+](=O)[O-])cc1. The number of nitrogens with zero attached hydrogens (tertiary/aromatic N) is 3. The van der Waals surface area contributed by atoms with Crippen molar-refractivity contribution >= 4 is 11.4 Å². The van der Waals surface area contributed by atoms with Gasteiger partial charge in [0.25, 0.3) is 5.69 Å². The molecule has 5 nitrogen and oxygen atoms in total. The molecule has 86 valence electrons. The third-order valence-electron chi connectivity index (χ3n) is 3.17. The Bertz CT molecular complexity index is 391. The minimum absolute atomic E-state index is 0.143. The van der Waals surface area contributed by atoms with E-state index in [2.05, 4.69) is 23.8 Å². The van der Waals surface area contributed by atoms with Gasteiger partial charge in [-0.15, -0.1) is 0 Å². The molecule has 1 aliphatic heterocycles. The van der Waals surface area contributed by atoms with Crippen molar-refractivity contribution in [1.82, 2.24) is 4.90 Å². The van der Waals surface area contributed by atoms with Gasteiger partial charge in [-0.1, -0.05) is 0 Å². The first-order chi connectivity index (χ1) is 7.59. The Morgan fingerprint density at radius 3 is 2.38 bits per heavy atom. The highest BCUT2D eigenvalue weighted by atomic mass is 16.6. The third kappa shape index (κ3) is 1.86. The minimum atomic E-state index is -0.372. The molecule has 1 atom stereocenters. The number of anilines is 1. The van der Waals surface area contributed by atoms with Crippen molar-refractivity contribution in [2.24, 2.45) is 0 Å². The molecule has 1 heterocycles. The average Bonchev–Trinajstić information content (AvgIpc) is 2.60. The second kappa shape index (κ2) is 4.09. The maximum absolute atomic E-state index is 10.5. The van der Waals surface area contributed by atoms with Gasteiger partial charge in [-0.3, -0.25) is 15.0 Å². The zero-order valence-corrected chi connectivity index (χ0v) is 9.46. The van der Waals surface area contributed by atoms with Crippen molar-refractivity contribution in [1.29, 1.82) is 0 Å². The van der Waals surface area contributed by atoms with Crippen LogP contribution in [0.4, 0.5) is 11.4 Å². The predicted molar refractivity (Wildman–Crippen MR) is 62.5 cm³/mol. The van der Waals surface area contributed by atoms with Crippen LogP contribution in [0.1, 0.15) is 6.92 Å². The fourth-order valence-electron chi connectivity index (χ4n) is 1.99. The first-order valence-electron chi connectivity index (χ1n) is 5.31. The van der Waals surface area contributed by atoms with Crippen LogP contribution in [-0.2, 0) is 0 Å². The van der Waals surface area contributed by atoms with Crippen LogP contribution in [0.15, 0.2) is 24.3 Å². The molecule has 1 unspecified atom stereocenters. The van der Waals surface area contributed by atoms with E-state index in [9.17, 15) is 10.1 Å². The quantitative estimate of drug-likeness (QED) is 0.563. The van der Waals surface area contributed by atoms with E-state index >= 15 is 0 Å². The van der Waals surface area contributed by atoms with Gasteiger partial charge in [0.05, 0.1) is 11.1 Å². The molecular formula is C11H15N3O2. The standard InChI is InChI=1S/C11H15N3O2/c1-9-12(2)7-8-13(9)10-3-5-11(6-4-10)14(15)16/h3-6,9H,7-8H2,1-2H3. The summed E-state index contributed by atoms with van der Waals surface area (Å²) in [4.78, 5) is 14.7. The fourth-order valence-corrected chi connectivity index (χ4v) is 1.99. The summed E-state index contributed by atoms with van der Waals surface area (Å²) in [5.41, 5.74) is 1.19. The Balaban J connectivity index is 2.19. The molecule has 16 heavy (non-hydrogen) atoms. The average molecular weight is 221 g/mol. The van der Waals surface area contributed by atoms with Gasteiger partial charge in [0.2, 0.25) is 0 Å². The number of benzene rings is 1. The van der Waals surface area contributed by atoms with Gasteiger partial charge in [0.1, 0.15) is 0 Å². The normalized spacial score (nSPS) is 21.4. The van der Waals surface area contributed by atoms with Crippen molar-refractivity contribution in [3.8, 4) is 0 Å². The van der Waals surface area contributed by atoms with Crippen LogP contribution in [0.5, 0.6) is 0 Å². The monoisotopic (exact) mass is 221 g/mol. The summed E-state index contributed by atoms with van der Waals surface area (Å²) in [5.74, 6) is 0. The lowest BCUT2D eigenvalue weighted by molar-refractivity contribution is -0.384. The summed E-state index contributed by atoms with van der Waals surface area (Å²) < 4.78 is 0. The number of nitro groups is 1. The van der Waals surface area contributed by atoms with Crippen molar-refractivity contribution in [2.45, 2.75) is 13.1 Å².